The molecule has 3 aliphatic heterocycles. The molecule has 1 fully saturated rings. The van der Waals surface area contributed by atoms with Crippen molar-refractivity contribution >= 4 is 37.2 Å². The molecular formula is C40H41N5O6Si. The Labute approximate surface area is 303 Å². The molecule has 3 aliphatic rings. The molecule has 1 aromatic heterocycles. The van der Waals surface area contributed by atoms with Crippen molar-refractivity contribution in [2.45, 2.75) is 63.2 Å². The van der Waals surface area contributed by atoms with E-state index in [1.54, 1.807) is 26.6 Å². The molecule has 11 nitrogen and oxygen atoms in total. The molecule has 5 aromatic rings. The molecule has 2 N–H and O–H groups in total. The minimum absolute atomic E-state index is 0.0199. The minimum Gasteiger partial charge on any atom is -0.454 e. The molecule has 0 bridgehead atoms. The largest absolute Gasteiger partial charge is 0.454 e. The van der Waals surface area contributed by atoms with E-state index in [9.17, 15) is 14.7 Å². The predicted octanol–water partition coefficient (Wildman–Crippen LogP) is 6.33. The molecule has 2 amide bonds. The lowest BCUT2D eigenvalue weighted by Crippen LogP contribution is -2.46. The van der Waals surface area contributed by atoms with Crippen molar-refractivity contribution in [2.24, 2.45) is 5.92 Å². The van der Waals surface area contributed by atoms with Crippen LogP contribution in [0.4, 0.5) is 17.1 Å². The van der Waals surface area contributed by atoms with Crippen LogP contribution in [0, 0.1) is 5.92 Å². The number of hydrogen-bond donors (Lipinski definition) is 2. The van der Waals surface area contributed by atoms with E-state index in [2.05, 4.69) is 10.3 Å². The van der Waals surface area contributed by atoms with Gasteiger partial charge < -0.3 is 24.3 Å². The first-order valence-corrected chi connectivity index (χ1v) is 20.7. The number of anilines is 3. The van der Waals surface area contributed by atoms with Gasteiger partial charge in [0.05, 0.1) is 35.3 Å². The maximum absolute atomic E-state index is 15.1. The van der Waals surface area contributed by atoms with Crippen LogP contribution in [-0.2, 0) is 34.6 Å². The second-order valence-corrected chi connectivity index (χ2v) is 18.4. The summed E-state index contributed by atoms with van der Waals surface area (Å²) in [6.07, 6.45) is 2.24. The number of amides is 2. The summed E-state index contributed by atoms with van der Waals surface area (Å²) >= 11 is 0. The van der Waals surface area contributed by atoms with Gasteiger partial charge in [-0.2, -0.15) is 0 Å². The van der Waals surface area contributed by atoms with Crippen LogP contribution in [0.3, 0.4) is 0 Å². The van der Waals surface area contributed by atoms with Crippen molar-refractivity contribution in [3.05, 3.63) is 126 Å². The number of carbonyl (C=O) groups is 2. The Morgan fingerprint density at radius 2 is 1.63 bits per heavy atom. The number of hydrogen-bond acceptors (Lipinski definition) is 8. The van der Waals surface area contributed by atoms with Gasteiger partial charge in [0.25, 0.3) is 11.8 Å². The normalized spacial score (nSPS) is 22.3. The van der Waals surface area contributed by atoms with Gasteiger partial charge in [-0.15, -0.1) is 5.10 Å². The van der Waals surface area contributed by atoms with E-state index in [0.29, 0.717) is 71.3 Å². The summed E-state index contributed by atoms with van der Waals surface area (Å²) < 4.78 is 15.1. The molecule has 0 aliphatic carbocycles. The molecule has 12 heteroatoms. The first-order chi connectivity index (χ1) is 25.1. The van der Waals surface area contributed by atoms with Crippen LogP contribution in [0.15, 0.2) is 103 Å². The van der Waals surface area contributed by atoms with Crippen LogP contribution >= 0.6 is 0 Å². The molecule has 4 aromatic carbocycles. The van der Waals surface area contributed by atoms with E-state index >= 15 is 4.79 Å². The van der Waals surface area contributed by atoms with E-state index in [1.165, 1.54) is 0 Å². The Bertz CT molecular complexity index is 2150. The van der Waals surface area contributed by atoms with Crippen molar-refractivity contribution in [1.82, 2.24) is 15.0 Å². The highest BCUT2D eigenvalue weighted by atomic mass is 28.4. The van der Waals surface area contributed by atoms with Gasteiger partial charge in [0.15, 0.2) is 19.7 Å². The lowest BCUT2D eigenvalue weighted by molar-refractivity contribution is -0.146. The number of benzene rings is 4. The second-order valence-electron chi connectivity index (χ2n) is 14.4. The Hall–Kier alpha value is -5.14. The van der Waals surface area contributed by atoms with Gasteiger partial charge in [0, 0.05) is 48.5 Å². The molecule has 0 saturated carbocycles. The van der Waals surface area contributed by atoms with Gasteiger partial charge >= 0.3 is 0 Å². The fourth-order valence-corrected chi connectivity index (χ4v) is 11.0. The van der Waals surface area contributed by atoms with Gasteiger partial charge in [-0.1, -0.05) is 66.7 Å². The van der Waals surface area contributed by atoms with Crippen molar-refractivity contribution in [2.75, 3.05) is 16.4 Å². The zero-order valence-corrected chi connectivity index (χ0v) is 30.3. The quantitative estimate of drug-likeness (QED) is 0.169. The number of fused-ring (bicyclic) bond motifs is 4. The standard InChI is InChI=1S/C40H41N5O6Si/c1-26-37(52(2,3)49)36(19-21-43-25-28(20-22-46)41-42-43)51-40(26)31-23-29(17-18-32(31)44(39(40)48)24-27-11-5-4-6-12-27)45-33-14-8-10-16-35(33)50-34-15-9-7-13-30(34)38(45)47/h4-18,23,25-26,36-37,46,49H,19-22,24H2,1-3H3/t26-,36+,37-,40+/m1/s1. The zero-order valence-electron chi connectivity index (χ0n) is 29.3. The predicted molar refractivity (Wildman–Crippen MR) is 198 cm³/mol. The Balaban J connectivity index is 1.25. The zero-order chi connectivity index (χ0) is 36.2. The smallest absolute Gasteiger partial charge is 0.266 e. The Morgan fingerprint density at radius 3 is 2.40 bits per heavy atom. The SMILES string of the molecule is C[C@@H]1[C@@H]([Si](C)(C)O)[C@H](CCn2cc(CCO)nn2)O[C@@]12C(=O)N(Cc1ccccc1)c1ccc(N3C(=O)c4ccccc4Oc4ccccc43)cc12. The number of aliphatic hydroxyl groups is 1. The summed E-state index contributed by atoms with van der Waals surface area (Å²) in [5.74, 6) is 0.154. The third-order valence-electron chi connectivity index (χ3n) is 10.7. The molecule has 4 atom stereocenters. The fraction of sp³-hybridized carbons (Fsp3) is 0.300. The minimum atomic E-state index is -2.94. The van der Waals surface area contributed by atoms with Gasteiger partial charge in [-0.3, -0.25) is 19.2 Å². The van der Waals surface area contributed by atoms with E-state index in [-0.39, 0.29) is 24.0 Å². The van der Waals surface area contributed by atoms with E-state index in [4.69, 9.17) is 9.47 Å². The summed E-state index contributed by atoms with van der Waals surface area (Å²) in [7, 11) is -2.94. The summed E-state index contributed by atoms with van der Waals surface area (Å²) in [5, 5.41) is 17.8. The van der Waals surface area contributed by atoms with Gasteiger partial charge in [0.1, 0.15) is 5.75 Å². The molecule has 0 unspecified atom stereocenters. The Morgan fingerprint density at radius 1 is 0.904 bits per heavy atom. The molecule has 1 saturated heterocycles. The number of carbonyl (C=O) groups excluding carboxylic acids is 2. The average molecular weight is 716 g/mol. The average Bonchev–Trinajstić information content (AvgIpc) is 3.75. The van der Waals surface area contributed by atoms with Crippen molar-refractivity contribution in [1.29, 1.82) is 0 Å². The molecule has 266 valence electrons. The highest BCUT2D eigenvalue weighted by Crippen LogP contribution is 2.60. The van der Waals surface area contributed by atoms with Crippen LogP contribution in [0.25, 0.3) is 0 Å². The molecular weight excluding hydrogens is 675 g/mol. The van der Waals surface area contributed by atoms with Gasteiger partial charge in [-0.05, 0) is 67.5 Å². The summed E-state index contributed by atoms with van der Waals surface area (Å²) in [6.45, 7) is 6.59. The highest BCUT2D eigenvalue weighted by Gasteiger charge is 2.66. The highest BCUT2D eigenvalue weighted by molar-refractivity contribution is 6.71. The van der Waals surface area contributed by atoms with Crippen LogP contribution in [0.5, 0.6) is 11.5 Å². The molecule has 8 rings (SSSR count). The lowest BCUT2D eigenvalue weighted by atomic mass is 9.82. The van der Waals surface area contributed by atoms with E-state index < -0.39 is 25.9 Å². The second kappa shape index (κ2) is 13.1. The monoisotopic (exact) mass is 715 g/mol. The fourth-order valence-electron chi connectivity index (χ4n) is 8.40. The summed E-state index contributed by atoms with van der Waals surface area (Å²) in [4.78, 5) is 44.8. The molecule has 4 heterocycles. The summed E-state index contributed by atoms with van der Waals surface area (Å²) in [5.41, 5.74) is 2.88. The molecule has 1 spiro atoms. The summed E-state index contributed by atoms with van der Waals surface area (Å²) in [6, 6.07) is 30.2. The molecule has 0 radical (unpaired) electrons. The number of aromatic nitrogens is 3. The maximum Gasteiger partial charge on any atom is 0.266 e. The number of rotatable bonds is 9. The number of aryl methyl sites for hydroxylation is 1. The topological polar surface area (TPSA) is 130 Å². The van der Waals surface area contributed by atoms with E-state index in [1.807, 2.05) is 111 Å². The number of aliphatic hydroxyl groups excluding tert-OH is 1. The molecule has 52 heavy (non-hydrogen) atoms. The third kappa shape index (κ3) is 5.62. The maximum atomic E-state index is 15.1. The Kier molecular flexibility index (Phi) is 8.57. The third-order valence-corrected chi connectivity index (χ3v) is 13.2. The van der Waals surface area contributed by atoms with Crippen LogP contribution in [0.1, 0.15) is 40.5 Å². The van der Waals surface area contributed by atoms with E-state index in [0.717, 1.165) is 5.56 Å². The van der Waals surface area contributed by atoms with Crippen LogP contribution < -0.4 is 14.5 Å². The number of nitrogens with zero attached hydrogens (tertiary/aromatic N) is 5. The van der Waals surface area contributed by atoms with Crippen molar-refractivity contribution in [3.63, 3.8) is 0 Å². The number of para-hydroxylation sites is 3. The first-order valence-electron chi connectivity index (χ1n) is 17.7. The van der Waals surface area contributed by atoms with Gasteiger partial charge in [0.2, 0.25) is 0 Å². The van der Waals surface area contributed by atoms with Crippen molar-refractivity contribution < 1.29 is 29.0 Å². The first kappa shape index (κ1) is 34.0. The van der Waals surface area contributed by atoms with Crippen molar-refractivity contribution in [3.8, 4) is 11.5 Å². The van der Waals surface area contributed by atoms with Crippen LogP contribution in [-0.4, -0.2) is 57.7 Å². The van der Waals surface area contributed by atoms with Crippen LogP contribution in [0.2, 0.25) is 18.6 Å². The lowest BCUT2D eigenvalue weighted by Gasteiger charge is -2.32. The number of ether oxygens (including phenoxy) is 2. The van der Waals surface area contributed by atoms with Gasteiger partial charge in [-0.25, -0.2) is 0 Å².